The van der Waals surface area contributed by atoms with Crippen molar-refractivity contribution in [2.45, 2.75) is 10.2 Å². The van der Waals surface area contributed by atoms with Crippen LogP contribution in [-0.2, 0) is 0 Å². The normalized spacial score (nSPS) is 10.2. The third-order valence-corrected chi connectivity index (χ3v) is 2.66. The highest BCUT2D eigenvalue weighted by Crippen LogP contribution is 2.25. The molecule has 0 unspecified atom stereocenters. The number of nitrogens with zero attached hydrogens (tertiary/aromatic N) is 4. The van der Waals surface area contributed by atoms with Crippen molar-refractivity contribution in [1.82, 2.24) is 19.9 Å². The van der Waals surface area contributed by atoms with E-state index in [2.05, 4.69) is 19.9 Å². The molecule has 9 heteroatoms. The van der Waals surface area contributed by atoms with Gasteiger partial charge in [-0.25, -0.2) is 24.7 Å². The lowest BCUT2D eigenvalue weighted by Crippen LogP contribution is -2.05. The van der Waals surface area contributed by atoms with Gasteiger partial charge in [0.05, 0.1) is 0 Å². The van der Waals surface area contributed by atoms with Gasteiger partial charge < -0.3 is 16.6 Å². The average Bonchev–Trinajstić information content (AvgIpc) is 2.27. The van der Waals surface area contributed by atoms with Crippen molar-refractivity contribution < 1.29 is 9.90 Å². The lowest BCUT2D eigenvalue weighted by atomic mass is 10.5. The first-order chi connectivity index (χ1) is 8.56. The molecule has 0 amide bonds. The number of carboxylic acids is 1. The third-order valence-electron chi connectivity index (χ3n) is 1.80. The topological polar surface area (TPSA) is 141 Å². The maximum Gasteiger partial charge on any atom is 0.357 e. The Morgan fingerprint density at radius 3 is 2.39 bits per heavy atom. The van der Waals surface area contributed by atoms with Gasteiger partial charge in [0.25, 0.3) is 0 Å². The van der Waals surface area contributed by atoms with E-state index < -0.39 is 5.97 Å². The smallest absolute Gasteiger partial charge is 0.357 e. The molecule has 5 N–H and O–H groups in total. The number of nitrogen functional groups attached to an aromatic ring is 2. The van der Waals surface area contributed by atoms with Crippen LogP contribution in [-0.4, -0.2) is 31.0 Å². The summed E-state index contributed by atoms with van der Waals surface area (Å²) in [6, 6.07) is 1.40. The summed E-state index contributed by atoms with van der Waals surface area (Å²) in [5, 5.41) is 9.34. The molecule has 92 valence electrons. The number of nitrogens with two attached hydrogens (primary N) is 2. The van der Waals surface area contributed by atoms with E-state index in [9.17, 15) is 4.79 Å². The largest absolute Gasteiger partial charge is 0.476 e. The molecule has 18 heavy (non-hydrogen) atoms. The van der Waals surface area contributed by atoms with Crippen LogP contribution in [0.25, 0.3) is 0 Å². The summed E-state index contributed by atoms with van der Waals surface area (Å²) in [5.41, 5.74) is 10.9. The third kappa shape index (κ3) is 2.63. The molecular weight excluding hydrogens is 256 g/mol. The van der Waals surface area contributed by atoms with E-state index >= 15 is 0 Å². The fraction of sp³-hybridized carbons (Fsp3) is 0. The molecule has 2 rings (SSSR count). The molecule has 0 spiro atoms. The van der Waals surface area contributed by atoms with Crippen molar-refractivity contribution in [3.63, 3.8) is 0 Å². The first-order valence-corrected chi connectivity index (χ1v) is 5.50. The molecule has 0 bridgehead atoms. The first kappa shape index (κ1) is 12.0. The van der Waals surface area contributed by atoms with Gasteiger partial charge in [0.2, 0.25) is 0 Å². The van der Waals surface area contributed by atoms with E-state index in [1.165, 1.54) is 18.5 Å². The summed E-state index contributed by atoms with van der Waals surface area (Å²) >= 11 is 0.934. The molecule has 0 aliphatic heterocycles. The van der Waals surface area contributed by atoms with Crippen LogP contribution >= 0.6 is 11.8 Å². The Labute approximate surface area is 105 Å². The molecule has 8 nitrogen and oxygen atoms in total. The fourth-order valence-electron chi connectivity index (χ4n) is 1.14. The summed E-state index contributed by atoms with van der Waals surface area (Å²) in [4.78, 5) is 26.4. The maximum absolute atomic E-state index is 10.9. The quantitative estimate of drug-likeness (QED) is 0.666. The van der Waals surface area contributed by atoms with Crippen LogP contribution in [0.5, 0.6) is 0 Å². The van der Waals surface area contributed by atoms with Crippen LogP contribution < -0.4 is 11.5 Å². The van der Waals surface area contributed by atoms with E-state index in [0.29, 0.717) is 0 Å². The summed E-state index contributed by atoms with van der Waals surface area (Å²) in [7, 11) is 0. The Morgan fingerprint density at radius 1 is 1.17 bits per heavy atom. The number of anilines is 2. The van der Waals surface area contributed by atoms with Crippen molar-refractivity contribution >= 4 is 29.4 Å². The monoisotopic (exact) mass is 264 g/mol. The van der Waals surface area contributed by atoms with E-state index in [0.717, 1.165) is 11.8 Å². The van der Waals surface area contributed by atoms with Crippen LogP contribution in [0, 0.1) is 0 Å². The zero-order valence-electron chi connectivity index (χ0n) is 8.94. The Kier molecular flexibility index (Phi) is 3.24. The fourth-order valence-corrected chi connectivity index (χ4v) is 1.97. The Hall–Kier alpha value is -2.42. The standard InChI is InChI=1S/C9H8N6O2S/c10-4-3-5(11)15-9(14-4)18-7-6(8(16)17)12-1-2-13-7/h1-3H,(H,16,17)(H4,10,11,14,15). The summed E-state index contributed by atoms with van der Waals surface area (Å²) < 4.78 is 0. The van der Waals surface area contributed by atoms with Crippen LogP contribution in [0.1, 0.15) is 10.5 Å². The second kappa shape index (κ2) is 4.84. The summed E-state index contributed by atoms with van der Waals surface area (Å²) in [6.07, 6.45) is 2.67. The van der Waals surface area contributed by atoms with E-state index in [1.807, 2.05) is 0 Å². The van der Waals surface area contributed by atoms with E-state index in [1.54, 1.807) is 0 Å². The van der Waals surface area contributed by atoms with Gasteiger partial charge in [0.1, 0.15) is 16.7 Å². The molecule has 0 saturated heterocycles. The van der Waals surface area contributed by atoms with Crippen LogP contribution in [0.2, 0.25) is 0 Å². The van der Waals surface area contributed by atoms with Gasteiger partial charge in [-0.05, 0) is 11.8 Å². The minimum atomic E-state index is -1.18. The zero-order valence-corrected chi connectivity index (χ0v) is 9.76. The Morgan fingerprint density at radius 2 is 1.78 bits per heavy atom. The highest BCUT2D eigenvalue weighted by atomic mass is 32.2. The summed E-state index contributed by atoms with van der Waals surface area (Å²) in [6.45, 7) is 0. The average molecular weight is 264 g/mol. The molecule has 0 radical (unpaired) electrons. The molecule has 0 aliphatic carbocycles. The molecular formula is C9H8N6O2S. The second-order valence-electron chi connectivity index (χ2n) is 3.12. The van der Waals surface area contributed by atoms with E-state index in [-0.39, 0.29) is 27.5 Å². The Balaban J connectivity index is 2.37. The number of carbonyl (C=O) groups is 1. The molecule has 2 aromatic heterocycles. The van der Waals surface area contributed by atoms with Crippen molar-refractivity contribution in [1.29, 1.82) is 0 Å². The van der Waals surface area contributed by atoms with Gasteiger partial charge in [0.15, 0.2) is 10.9 Å². The predicted molar refractivity (Wildman–Crippen MR) is 64.0 cm³/mol. The van der Waals surface area contributed by atoms with Crippen LogP contribution in [0.4, 0.5) is 11.6 Å². The van der Waals surface area contributed by atoms with E-state index in [4.69, 9.17) is 16.6 Å². The molecule has 0 aromatic carbocycles. The van der Waals surface area contributed by atoms with Gasteiger partial charge in [-0.2, -0.15) is 0 Å². The van der Waals surface area contributed by atoms with Crippen molar-refractivity contribution in [2.24, 2.45) is 0 Å². The van der Waals surface area contributed by atoms with Crippen LogP contribution in [0.3, 0.4) is 0 Å². The number of aromatic nitrogens is 4. The molecule has 2 aromatic rings. The molecule has 0 aliphatic rings. The van der Waals surface area contributed by atoms with Gasteiger partial charge in [0, 0.05) is 18.5 Å². The van der Waals surface area contributed by atoms with Crippen molar-refractivity contribution in [3.8, 4) is 0 Å². The minimum absolute atomic E-state index is 0.174. The lowest BCUT2D eigenvalue weighted by molar-refractivity contribution is 0.0685. The SMILES string of the molecule is Nc1cc(N)nc(Sc2nccnc2C(=O)O)n1. The van der Waals surface area contributed by atoms with Gasteiger partial charge in [-0.15, -0.1) is 0 Å². The van der Waals surface area contributed by atoms with Gasteiger partial charge in [-0.1, -0.05) is 0 Å². The highest BCUT2D eigenvalue weighted by Gasteiger charge is 2.15. The molecule has 2 heterocycles. The van der Waals surface area contributed by atoms with Crippen molar-refractivity contribution in [2.75, 3.05) is 11.5 Å². The molecule has 0 atom stereocenters. The number of rotatable bonds is 3. The first-order valence-electron chi connectivity index (χ1n) is 4.68. The number of aromatic carboxylic acids is 1. The molecule has 0 fully saturated rings. The second-order valence-corrected chi connectivity index (χ2v) is 4.07. The van der Waals surface area contributed by atoms with Gasteiger partial charge >= 0.3 is 5.97 Å². The predicted octanol–water partition coefficient (Wildman–Crippen LogP) is 0.280. The zero-order chi connectivity index (χ0) is 13.1. The number of hydrogen-bond donors (Lipinski definition) is 3. The van der Waals surface area contributed by atoms with Gasteiger partial charge in [-0.3, -0.25) is 0 Å². The number of carboxylic acid groups (broad SMARTS) is 1. The van der Waals surface area contributed by atoms with Crippen LogP contribution in [0.15, 0.2) is 28.6 Å². The minimum Gasteiger partial charge on any atom is -0.476 e. The summed E-state index contributed by atoms with van der Waals surface area (Å²) in [5.74, 6) is -0.779. The molecule has 0 saturated carbocycles. The lowest BCUT2D eigenvalue weighted by Gasteiger charge is -2.03. The highest BCUT2D eigenvalue weighted by molar-refractivity contribution is 7.99. The maximum atomic E-state index is 10.9. The van der Waals surface area contributed by atoms with Crippen molar-refractivity contribution in [3.05, 3.63) is 24.2 Å². The number of hydrogen-bond acceptors (Lipinski definition) is 8. The Bertz CT molecular complexity index is 585.